The predicted molar refractivity (Wildman–Crippen MR) is 116 cm³/mol. The largest absolute Gasteiger partial charge is 0.345 e. The maximum atomic E-state index is 13.1. The molecular weight excluding hydrogens is 384 g/mol. The highest BCUT2D eigenvalue weighted by molar-refractivity contribution is 7.99. The highest BCUT2D eigenvalue weighted by Crippen LogP contribution is 2.34. The summed E-state index contributed by atoms with van der Waals surface area (Å²) in [4.78, 5) is 28.8. The van der Waals surface area contributed by atoms with Crippen LogP contribution in [0.1, 0.15) is 73.6 Å². The molecule has 0 N–H and O–H groups in total. The molecule has 1 aromatic carbocycles. The average molecular weight is 415 g/mol. The second-order valence-corrected chi connectivity index (χ2v) is 9.37. The van der Waals surface area contributed by atoms with E-state index in [1.165, 1.54) is 17.5 Å². The molecule has 1 aliphatic carbocycles. The van der Waals surface area contributed by atoms with E-state index in [0.717, 1.165) is 47.7 Å². The number of benzene rings is 1. The van der Waals surface area contributed by atoms with Gasteiger partial charge in [0, 0.05) is 37.0 Å². The Kier molecular flexibility index (Phi) is 6.13. The smallest absolute Gasteiger partial charge is 0.339 e. The molecule has 6 nitrogen and oxygen atoms in total. The molecule has 1 aliphatic heterocycles. The second kappa shape index (κ2) is 8.78. The number of rotatable bonds is 5. The van der Waals surface area contributed by atoms with Gasteiger partial charge in [0.05, 0.1) is 5.56 Å². The monoisotopic (exact) mass is 414 g/mol. The van der Waals surface area contributed by atoms with Crippen LogP contribution < -0.4 is 5.69 Å². The Labute approximate surface area is 176 Å². The molecule has 1 saturated carbocycles. The van der Waals surface area contributed by atoms with Crippen LogP contribution in [0.4, 0.5) is 0 Å². The zero-order valence-electron chi connectivity index (χ0n) is 17.3. The van der Waals surface area contributed by atoms with Gasteiger partial charge in [-0.15, -0.1) is 11.8 Å². The van der Waals surface area contributed by atoms with Crippen LogP contribution in [0.15, 0.2) is 34.0 Å². The van der Waals surface area contributed by atoms with Crippen molar-refractivity contribution in [2.75, 3.05) is 18.8 Å². The van der Waals surface area contributed by atoms with Crippen LogP contribution in [0.5, 0.6) is 0 Å². The minimum Gasteiger partial charge on any atom is -0.339 e. The molecule has 0 unspecified atom stereocenters. The molecule has 7 heteroatoms. The van der Waals surface area contributed by atoms with Gasteiger partial charge >= 0.3 is 5.69 Å². The number of aromatic nitrogens is 3. The molecule has 1 aromatic heterocycles. The molecule has 0 radical (unpaired) electrons. The third-order valence-electron chi connectivity index (χ3n) is 6.24. The van der Waals surface area contributed by atoms with Crippen LogP contribution in [0.2, 0.25) is 0 Å². The lowest BCUT2D eigenvalue weighted by Crippen LogP contribution is -2.39. The zero-order valence-corrected chi connectivity index (χ0v) is 18.2. The molecule has 4 rings (SSSR count). The summed E-state index contributed by atoms with van der Waals surface area (Å²) in [6.07, 6.45) is 6.24. The van der Waals surface area contributed by atoms with Crippen LogP contribution in [0, 0.1) is 0 Å². The van der Waals surface area contributed by atoms with Crippen molar-refractivity contribution in [3.05, 3.63) is 46.1 Å². The molecular formula is C22H30N4O2S. The highest BCUT2D eigenvalue weighted by atomic mass is 32.2. The number of likely N-dealkylation sites (tertiary alicyclic amines) is 1. The number of aryl methyl sites for hydroxylation is 1. The molecule has 2 aromatic rings. The SMILES string of the molecule is CCSc1ccccc1C(=O)N1CCC(c2nn(C)c(=O)n2C2CCCC2)CC1. The Morgan fingerprint density at radius 1 is 1.14 bits per heavy atom. The van der Waals surface area contributed by atoms with Crippen LogP contribution >= 0.6 is 11.8 Å². The number of hydrogen-bond donors (Lipinski definition) is 0. The van der Waals surface area contributed by atoms with Gasteiger partial charge in [0.15, 0.2) is 0 Å². The molecule has 2 fully saturated rings. The molecule has 2 aliphatic rings. The minimum absolute atomic E-state index is 0.0101. The van der Waals surface area contributed by atoms with Gasteiger partial charge in [0.2, 0.25) is 0 Å². The number of carbonyl (C=O) groups excluding carboxylic acids is 1. The second-order valence-electron chi connectivity index (χ2n) is 8.07. The van der Waals surface area contributed by atoms with Gasteiger partial charge in [-0.1, -0.05) is 31.9 Å². The fourth-order valence-electron chi connectivity index (χ4n) is 4.72. The molecule has 0 atom stereocenters. The van der Waals surface area contributed by atoms with Crippen molar-refractivity contribution in [1.29, 1.82) is 0 Å². The van der Waals surface area contributed by atoms with Crippen molar-refractivity contribution in [2.24, 2.45) is 7.05 Å². The van der Waals surface area contributed by atoms with E-state index >= 15 is 0 Å². The number of nitrogens with zero attached hydrogens (tertiary/aromatic N) is 4. The summed E-state index contributed by atoms with van der Waals surface area (Å²) in [6, 6.07) is 8.19. The van der Waals surface area contributed by atoms with E-state index in [1.54, 1.807) is 18.8 Å². The lowest BCUT2D eigenvalue weighted by Gasteiger charge is -2.32. The zero-order chi connectivity index (χ0) is 20.4. The highest BCUT2D eigenvalue weighted by Gasteiger charge is 2.32. The Morgan fingerprint density at radius 2 is 1.83 bits per heavy atom. The minimum atomic E-state index is 0.0101. The molecule has 1 amide bonds. The summed E-state index contributed by atoms with van der Waals surface area (Å²) in [5.74, 6) is 2.24. The van der Waals surface area contributed by atoms with Crippen LogP contribution in [-0.4, -0.2) is 44.0 Å². The van der Waals surface area contributed by atoms with E-state index in [9.17, 15) is 9.59 Å². The number of hydrogen-bond acceptors (Lipinski definition) is 4. The van der Waals surface area contributed by atoms with Gasteiger partial charge in [-0.2, -0.15) is 5.10 Å². The van der Waals surface area contributed by atoms with Crippen molar-refractivity contribution in [2.45, 2.75) is 62.3 Å². The normalized spacial score (nSPS) is 18.5. The average Bonchev–Trinajstić information content (AvgIpc) is 3.37. The lowest BCUT2D eigenvalue weighted by molar-refractivity contribution is 0.0706. The van der Waals surface area contributed by atoms with Gasteiger partial charge in [0.25, 0.3) is 5.91 Å². The Bertz CT molecular complexity index is 921. The molecule has 29 heavy (non-hydrogen) atoms. The predicted octanol–water partition coefficient (Wildman–Crippen LogP) is 3.83. The van der Waals surface area contributed by atoms with E-state index in [-0.39, 0.29) is 17.5 Å². The maximum Gasteiger partial charge on any atom is 0.345 e. The third kappa shape index (κ3) is 4.02. The van der Waals surface area contributed by atoms with Crippen molar-refractivity contribution in [1.82, 2.24) is 19.2 Å². The van der Waals surface area contributed by atoms with Gasteiger partial charge in [0.1, 0.15) is 5.82 Å². The van der Waals surface area contributed by atoms with Gasteiger partial charge in [-0.3, -0.25) is 9.36 Å². The van der Waals surface area contributed by atoms with Crippen molar-refractivity contribution in [3.63, 3.8) is 0 Å². The first kappa shape index (κ1) is 20.3. The molecule has 156 valence electrons. The van der Waals surface area contributed by atoms with Gasteiger partial charge in [-0.05, 0) is 43.6 Å². The summed E-state index contributed by atoms with van der Waals surface area (Å²) in [7, 11) is 1.75. The first-order valence-electron chi connectivity index (χ1n) is 10.8. The summed E-state index contributed by atoms with van der Waals surface area (Å²) >= 11 is 1.71. The summed E-state index contributed by atoms with van der Waals surface area (Å²) in [6.45, 7) is 3.53. The van der Waals surface area contributed by atoms with E-state index < -0.39 is 0 Å². The summed E-state index contributed by atoms with van der Waals surface area (Å²) in [5, 5.41) is 4.61. The Morgan fingerprint density at radius 3 is 2.52 bits per heavy atom. The number of thioether (sulfide) groups is 1. The fourth-order valence-corrected chi connectivity index (χ4v) is 5.52. The third-order valence-corrected chi connectivity index (χ3v) is 7.19. The number of amides is 1. The lowest BCUT2D eigenvalue weighted by atomic mass is 9.95. The first-order chi connectivity index (χ1) is 14.1. The Hall–Kier alpha value is -2.02. The molecule has 2 heterocycles. The standard InChI is InChI=1S/C22H30N4O2S/c1-3-29-19-11-7-6-10-18(19)21(27)25-14-12-16(13-15-25)20-23-24(2)22(28)26(20)17-8-4-5-9-17/h6-7,10-11,16-17H,3-5,8-9,12-15H2,1-2H3. The van der Waals surface area contributed by atoms with Gasteiger partial charge < -0.3 is 4.90 Å². The van der Waals surface area contributed by atoms with Crippen molar-refractivity contribution in [3.8, 4) is 0 Å². The van der Waals surface area contributed by atoms with E-state index in [0.29, 0.717) is 19.1 Å². The van der Waals surface area contributed by atoms with Crippen LogP contribution in [0.25, 0.3) is 0 Å². The first-order valence-corrected chi connectivity index (χ1v) is 11.7. The van der Waals surface area contributed by atoms with Crippen molar-refractivity contribution < 1.29 is 4.79 Å². The van der Waals surface area contributed by atoms with Crippen LogP contribution in [0.3, 0.4) is 0 Å². The summed E-state index contributed by atoms with van der Waals surface area (Å²) in [5.41, 5.74) is 0.814. The molecule has 0 spiro atoms. The molecule has 1 saturated heterocycles. The van der Waals surface area contributed by atoms with E-state index in [2.05, 4.69) is 12.0 Å². The maximum absolute atomic E-state index is 13.1. The van der Waals surface area contributed by atoms with Crippen molar-refractivity contribution >= 4 is 17.7 Å². The number of carbonyl (C=O) groups is 1. The van der Waals surface area contributed by atoms with E-state index in [4.69, 9.17) is 0 Å². The summed E-state index contributed by atoms with van der Waals surface area (Å²) < 4.78 is 3.45. The Balaban J connectivity index is 1.49. The number of piperidine rings is 1. The topological polar surface area (TPSA) is 60.1 Å². The molecule has 0 bridgehead atoms. The fraction of sp³-hybridized carbons (Fsp3) is 0.591. The van der Waals surface area contributed by atoms with Crippen LogP contribution in [-0.2, 0) is 7.05 Å². The van der Waals surface area contributed by atoms with E-state index in [1.807, 2.05) is 33.7 Å². The quantitative estimate of drug-likeness (QED) is 0.698. The van der Waals surface area contributed by atoms with Gasteiger partial charge in [-0.25, -0.2) is 9.48 Å².